The Kier molecular flexibility index (Phi) is 3.71. The molecule has 0 aromatic heterocycles. The molecule has 0 saturated heterocycles. The molecule has 2 rings (SSSR count). The molecule has 0 fully saturated rings. The lowest BCUT2D eigenvalue weighted by Crippen LogP contribution is -2.12. The zero-order valence-electron chi connectivity index (χ0n) is 9.69. The van der Waals surface area contributed by atoms with Crippen LogP contribution >= 0.6 is 15.9 Å². The lowest BCUT2D eigenvalue weighted by atomic mass is 10.2. The molecule has 1 amide bonds. The fraction of sp³-hybridized carbons (Fsp3) is 0. The van der Waals surface area contributed by atoms with E-state index >= 15 is 0 Å². The number of benzene rings is 2. The van der Waals surface area contributed by atoms with Crippen LogP contribution in [0.1, 0.15) is 10.4 Å². The summed E-state index contributed by atoms with van der Waals surface area (Å²) in [6.45, 7) is 0. The van der Waals surface area contributed by atoms with Gasteiger partial charge in [0.15, 0.2) is 0 Å². The summed E-state index contributed by atoms with van der Waals surface area (Å²) < 4.78 is 19.8. The molecule has 0 aliphatic carbocycles. The van der Waals surface area contributed by atoms with Gasteiger partial charge >= 0.3 is 0 Å². The Morgan fingerprint density at radius 3 is 2.53 bits per heavy atom. The second-order valence-corrected chi connectivity index (χ2v) is 4.71. The van der Waals surface area contributed by atoms with Crippen molar-refractivity contribution in [1.29, 1.82) is 0 Å². The molecule has 98 valence electrons. The number of hydrogen-bond acceptors (Lipinski definition) is 3. The molecule has 2 aromatic carbocycles. The summed E-state index contributed by atoms with van der Waals surface area (Å²) >= 11 is 3.27. The second-order valence-electron chi connectivity index (χ2n) is 3.79. The first-order valence-corrected chi connectivity index (χ1v) is 6.09. The van der Waals surface area contributed by atoms with Gasteiger partial charge in [-0.2, -0.15) is 0 Å². The number of carbonyl (C=O) groups excluding carboxylic acids is 1. The van der Waals surface area contributed by atoms with Gasteiger partial charge in [0, 0.05) is 10.5 Å². The molecule has 6 heteroatoms. The van der Waals surface area contributed by atoms with Crippen molar-refractivity contribution in [3.05, 3.63) is 52.3 Å². The van der Waals surface area contributed by atoms with Crippen LogP contribution in [0.2, 0.25) is 0 Å². The van der Waals surface area contributed by atoms with E-state index in [1.54, 1.807) is 18.2 Å². The molecule has 0 heterocycles. The maximum absolute atomic E-state index is 13.5. The number of rotatable bonds is 3. The van der Waals surface area contributed by atoms with Crippen molar-refractivity contribution in [3.8, 4) is 11.5 Å². The summed E-state index contributed by atoms with van der Waals surface area (Å²) in [6, 6.07) is 8.87. The first kappa shape index (κ1) is 13.4. The first-order chi connectivity index (χ1) is 8.97. The van der Waals surface area contributed by atoms with Gasteiger partial charge in [0.25, 0.3) is 5.91 Å². The Morgan fingerprint density at radius 1 is 1.21 bits per heavy atom. The van der Waals surface area contributed by atoms with Gasteiger partial charge in [0.2, 0.25) is 0 Å². The summed E-state index contributed by atoms with van der Waals surface area (Å²) in [5.74, 6) is -0.932. The Bertz CT molecular complexity index is 647. The summed E-state index contributed by atoms with van der Waals surface area (Å²) in [5.41, 5.74) is 11.0. The summed E-state index contributed by atoms with van der Waals surface area (Å²) in [5, 5.41) is 0. The number of primary amides is 1. The fourth-order valence-electron chi connectivity index (χ4n) is 1.50. The fourth-order valence-corrected chi connectivity index (χ4v) is 1.88. The SMILES string of the molecule is NC(=O)c1ccc(Oc2ccc(Br)cc2N)cc1F. The van der Waals surface area contributed by atoms with Crippen LogP contribution in [-0.2, 0) is 0 Å². The van der Waals surface area contributed by atoms with Crippen molar-refractivity contribution in [3.63, 3.8) is 0 Å². The van der Waals surface area contributed by atoms with Crippen molar-refractivity contribution in [2.24, 2.45) is 5.73 Å². The van der Waals surface area contributed by atoms with Crippen molar-refractivity contribution in [1.82, 2.24) is 0 Å². The highest BCUT2D eigenvalue weighted by Gasteiger charge is 2.10. The minimum atomic E-state index is -0.827. The highest BCUT2D eigenvalue weighted by molar-refractivity contribution is 9.10. The molecular formula is C13H10BrFN2O2. The topological polar surface area (TPSA) is 78.3 Å². The van der Waals surface area contributed by atoms with Crippen LogP contribution in [0, 0.1) is 5.82 Å². The van der Waals surface area contributed by atoms with E-state index in [-0.39, 0.29) is 11.3 Å². The van der Waals surface area contributed by atoms with Crippen molar-refractivity contribution in [2.75, 3.05) is 5.73 Å². The number of hydrogen-bond donors (Lipinski definition) is 2. The standard InChI is InChI=1S/C13H10BrFN2O2/c14-7-1-4-12(11(16)5-7)19-8-2-3-9(13(17)18)10(15)6-8/h1-6H,16H2,(H2,17,18). The largest absolute Gasteiger partial charge is 0.455 e. The van der Waals surface area contributed by atoms with Crippen LogP contribution < -0.4 is 16.2 Å². The van der Waals surface area contributed by atoms with E-state index < -0.39 is 11.7 Å². The molecular weight excluding hydrogens is 315 g/mol. The van der Waals surface area contributed by atoms with Gasteiger partial charge in [0.1, 0.15) is 17.3 Å². The Balaban J connectivity index is 2.29. The number of nitrogen functional groups attached to an aromatic ring is 1. The van der Waals surface area contributed by atoms with Gasteiger partial charge in [-0.15, -0.1) is 0 Å². The van der Waals surface area contributed by atoms with Crippen LogP contribution in [0.3, 0.4) is 0 Å². The van der Waals surface area contributed by atoms with E-state index in [4.69, 9.17) is 16.2 Å². The highest BCUT2D eigenvalue weighted by Crippen LogP contribution is 2.30. The number of anilines is 1. The summed E-state index contributed by atoms with van der Waals surface area (Å²) in [4.78, 5) is 10.9. The number of nitrogens with two attached hydrogens (primary N) is 2. The van der Waals surface area contributed by atoms with Crippen LogP contribution in [0.5, 0.6) is 11.5 Å². The predicted molar refractivity (Wildman–Crippen MR) is 73.5 cm³/mol. The molecule has 0 bridgehead atoms. The smallest absolute Gasteiger partial charge is 0.251 e. The van der Waals surface area contributed by atoms with Crippen molar-refractivity contribution >= 4 is 27.5 Å². The Morgan fingerprint density at radius 2 is 1.95 bits per heavy atom. The average molecular weight is 325 g/mol. The first-order valence-electron chi connectivity index (χ1n) is 5.29. The van der Waals surface area contributed by atoms with Gasteiger partial charge in [-0.3, -0.25) is 4.79 Å². The third kappa shape index (κ3) is 3.03. The molecule has 2 aromatic rings. The van der Waals surface area contributed by atoms with Gasteiger partial charge in [0.05, 0.1) is 11.3 Å². The summed E-state index contributed by atoms with van der Waals surface area (Å²) in [7, 11) is 0. The molecule has 0 spiro atoms. The number of halogens is 2. The molecule has 4 nitrogen and oxygen atoms in total. The monoisotopic (exact) mass is 324 g/mol. The Labute approximate surface area is 117 Å². The molecule has 0 aliphatic rings. The highest BCUT2D eigenvalue weighted by atomic mass is 79.9. The van der Waals surface area contributed by atoms with Crippen molar-refractivity contribution < 1.29 is 13.9 Å². The molecule has 0 aliphatic heterocycles. The molecule has 0 atom stereocenters. The van der Waals surface area contributed by atoms with Gasteiger partial charge in [-0.25, -0.2) is 4.39 Å². The average Bonchev–Trinajstić information content (AvgIpc) is 2.32. The molecule has 0 radical (unpaired) electrons. The Hall–Kier alpha value is -2.08. The van der Waals surface area contributed by atoms with Gasteiger partial charge < -0.3 is 16.2 Å². The third-order valence-corrected chi connectivity index (χ3v) is 2.90. The van der Waals surface area contributed by atoms with E-state index in [1.807, 2.05) is 0 Å². The molecule has 0 unspecified atom stereocenters. The number of amides is 1. The lowest BCUT2D eigenvalue weighted by Gasteiger charge is -2.09. The molecule has 0 saturated carbocycles. The maximum atomic E-state index is 13.5. The minimum Gasteiger partial charge on any atom is -0.455 e. The van der Waals surface area contributed by atoms with E-state index in [0.717, 1.165) is 10.5 Å². The van der Waals surface area contributed by atoms with E-state index in [2.05, 4.69) is 15.9 Å². The van der Waals surface area contributed by atoms with E-state index in [1.165, 1.54) is 12.1 Å². The number of ether oxygens (including phenoxy) is 1. The normalized spacial score (nSPS) is 10.2. The second kappa shape index (κ2) is 5.27. The van der Waals surface area contributed by atoms with Crippen LogP contribution in [0.25, 0.3) is 0 Å². The van der Waals surface area contributed by atoms with Crippen LogP contribution in [-0.4, -0.2) is 5.91 Å². The van der Waals surface area contributed by atoms with Crippen LogP contribution in [0.15, 0.2) is 40.9 Å². The van der Waals surface area contributed by atoms with Crippen LogP contribution in [0.4, 0.5) is 10.1 Å². The molecule has 19 heavy (non-hydrogen) atoms. The predicted octanol–water partition coefficient (Wildman–Crippen LogP) is 3.06. The molecule has 4 N–H and O–H groups in total. The quantitative estimate of drug-likeness (QED) is 0.851. The van der Waals surface area contributed by atoms with Crippen molar-refractivity contribution in [2.45, 2.75) is 0 Å². The third-order valence-electron chi connectivity index (χ3n) is 2.41. The van der Waals surface area contributed by atoms with Gasteiger partial charge in [-0.05, 0) is 30.3 Å². The number of carbonyl (C=O) groups is 1. The zero-order valence-corrected chi connectivity index (χ0v) is 11.3. The van der Waals surface area contributed by atoms with E-state index in [0.29, 0.717) is 11.4 Å². The zero-order chi connectivity index (χ0) is 14.0. The van der Waals surface area contributed by atoms with Gasteiger partial charge in [-0.1, -0.05) is 15.9 Å². The summed E-state index contributed by atoms with van der Waals surface area (Å²) in [6.07, 6.45) is 0. The lowest BCUT2D eigenvalue weighted by molar-refractivity contribution is 0.0996. The van der Waals surface area contributed by atoms with E-state index in [9.17, 15) is 9.18 Å². The minimum absolute atomic E-state index is 0.184. The maximum Gasteiger partial charge on any atom is 0.251 e.